The zero-order chi connectivity index (χ0) is 41.0. The number of H-pyrrole nitrogens is 1. The number of rotatable bonds is 23. The van der Waals surface area contributed by atoms with Gasteiger partial charge in [0.15, 0.2) is 11.6 Å². The maximum Gasteiger partial charge on any atom is 0.227 e. The van der Waals surface area contributed by atoms with E-state index in [1.54, 1.807) is 33.1 Å². The first-order valence-electron chi connectivity index (χ1n) is 19.9. The second-order valence-electron chi connectivity index (χ2n) is 16.2. The van der Waals surface area contributed by atoms with Crippen LogP contribution in [0, 0.1) is 23.7 Å². The quantitative estimate of drug-likeness (QED) is 0.168. The predicted molar refractivity (Wildman–Crippen MR) is 212 cm³/mol. The van der Waals surface area contributed by atoms with Gasteiger partial charge in [-0.3, -0.25) is 24.1 Å². The monoisotopic (exact) mass is 769 g/mol. The minimum absolute atomic E-state index is 0.00363. The van der Waals surface area contributed by atoms with Crippen molar-refractivity contribution in [1.82, 2.24) is 35.3 Å². The van der Waals surface area contributed by atoms with Gasteiger partial charge < -0.3 is 25.0 Å². The van der Waals surface area contributed by atoms with Gasteiger partial charge in [-0.1, -0.05) is 76.6 Å². The number of nitrogens with zero attached hydrogens (tertiary/aromatic N) is 6. The summed E-state index contributed by atoms with van der Waals surface area (Å²) in [6.07, 6.45) is 1.88. The molecule has 2 aromatic rings. The van der Waals surface area contributed by atoms with Gasteiger partial charge >= 0.3 is 0 Å². The summed E-state index contributed by atoms with van der Waals surface area (Å²) in [4.78, 5) is 61.4. The molecule has 0 radical (unpaired) electrons. The molecule has 3 rings (SSSR count). The molecule has 0 unspecified atom stereocenters. The number of likely N-dealkylation sites (N-methyl/N-ethyl adjacent to an activating group) is 2. The molecule has 308 valence electrons. The van der Waals surface area contributed by atoms with E-state index >= 15 is 0 Å². The lowest BCUT2D eigenvalue weighted by Gasteiger charge is -2.41. The van der Waals surface area contributed by atoms with E-state index in [1.807, 2.05) is 88.8 Å². The average molecular weight is 769 g/mol. The van der Waals surface area contributed by atoms with Gasteiger partial charge in [0.25, 0.3) is 0 Å². The molecule has 55 heavy (non-hydrogen) atoms. The second-order valence-corrected chi connectivity index (χ2v) is 16.2. The molecule has 14 heteroatoms. The van der Waals surface area contributed by atoms with Gasteiger partial charge in [-0.05, 0) is 57.7 Å². The molecular formula is C41H68N8O6. The van der Waals surface area contributed by atoms with Crippen LogP contribution in [0.15, 0.2) is 30.3 Å². The van der Waals surface area contributed by atoms with Crippen LogP contribution < -0.4 is 5.73 Å². The lowest BCUT2D eigenvalue weighted by atomic mass is 9.85. The summed E-state index contributed by atoms with van der Waals surface area (Å²) in [6, 6.07) is 8.24. The Morgan fingerprint density at radius 2 is 1.64 bits per heavy atom. The number of aromatic nitrogens is 4. The Bertz CT molecular complexity index is 1480. The smallest absolute Gasteiger partial charge is 0.227 e. The number of amides is 2. The number of nitrogens with one attached hydrogen (secondary N) is 1. The Kier molecular flexibility index (Phi) is 18.0. The Hall–Kier alpha value is -3.59. The highest BCUT2D eigenvalue weighted by atomic mass is 16.5. The molecule has 0 spiro atoms. The highest BCUT2D eigenvalue weighted by molar-refractivity contribution is 5.90. The van der Waals surface area contributed by atoms with Gasteiger partial charge in [0, 0.05) is 58.5 Å². The number of ketones is 2. The Morgan fingerprint density at radius 3 is 2.16 bits per heavy atom. The largest absolute Gasteiger partial charge is 0.379 e. The molecular weight excluding hydrogens is 701 g/mol. The van der Waals surface area contributed by atoms with Crippen molar-refractivity contribution in [3.63, 3.8) is 0 Å². The first-order chi connectivity index (χ1) is 26.1. The van der Waals surface area contributed by atoms with Crippen molar-refractivity contribution in [3.8, 4) is 0 Å². The second kappa shape index (κ2) is 21.6. The van der Waals surface area contributed by atoms with Gasteiger partial charge in [0.2, 0.25) is 11.8 Å². The van der Waals surface area contributed by atoms with Crippen LogP contribution >= 0.6 is 0 Å². The van der Waals surface area contributed by atoms with Crippen LogP contribution in [0.3, 0.4) is 0 Å². The third kappa shape index (κ3) is 12.0. The number of Topliss-reactive ketones (excluding diaryl/α,β-unsaturated/α-hetero) is 2. The van der Waals surface area contributed by atoms with E-state index < -0.39 is 36.1 Å². The minimum atomic E-state index is -0.727. The number of tetrazole rings is 1. The molecule has 1 fully saturated rings. The molecule has 14 nitrogen and oxygen atoms in total. The van der Waals surface area contributed by atoms with Crippen LogP contribution in [-0.2, 0) is 35.1 Å². The number of nitrogens with two attached hydrogens (primary N) is 1. The normalized spacial score (nSPS) is 19.7. The summed E-state index contributed by atoms with van der Waals surface area (Å²) in [5, 5.41) is 14.7. The summed E-state index contributed by atoms with van der Waals surface area (Å²) in [5.41, 5.74) is 7.46. The van der Waals surface area contributed by atoms with E-state index in [-0.39, 0.29) is 72.5 Å². The number of methoxy groups -OCH3 is 2. The van der Waals surface area contributed by atoms with E-state index in [2.05, 4.69) is 20.6 Å². The first-order valence-corrected chi connectivity index (χ1v) is 19.9. The number of benzene rings is 1. The Labute approximate surface area is 328 Å². The zero-order valence-electron chi connectivity index (χ0n) is 35.1. The molecule has 0 saturated carbocycles. The van der Waals surface area contributed by atoms with E-state index in [4.69, 9.17) is 15.2 Å². The van der Waals surface area contributed by atoms with Crippen LogP contribution in [0.2, 0.25) is 0 Å². The molecule has 10 atom stereocenters. The highest BCUT2D eigenvalue weighted by Gasteiger charge is 2.43. The maximum atomic E-state index is 14.3. The summed E-state index contributed by atoms with van der Waals surface area (Å²) < 4.78 is 12.1. The van der Waals surface area contributed by atoms with Crippen molar-refractivity contribution in [2.45, 2.75) is 129 Å². The zero-order valence-corrected chi connectivity index (χ0v) is 35.1. The number of carbonyl (C=O) groups is 4. The molecule has 2 heterocycles. The summed E-state index contributed by atoms with van der Waals surface area (Å²) in [6.45, 7) is 12.2. The number of hydrogen-bond acceptors (Lipinski definition) is 11. The number of carbonyl (C=O) groups excluding carboxylic acids is 4. The standard InChI is InChI=1S/C41H68N8O6/c1-12-26(4)38(48(9)41(53)31(28(6)42)23-34(51)37(25(2)3)47(7)8)35(54-10)24-36(52)49-20-16-19-32(49)39(55-11)27(5)33(50)22-30(40-43-45-46-44-40)21-29-17-14-13-15-18-29/h13-15,17-18,25-28,30-32,35,37-39H,12,16,19-24,42H2,1-11H3,(H,43,44,45,46)/t26-,27-,28-,30+,31-,32-,35+,37-,38-,39+/m0/s1. The van der Waals surface area contributed by atoms with Crippen molar-refractivity contribution in [2.24, 2.45) is 29.4 Å². The highest BCUT2D eigenvalue weighted by Crippen LogP contribution is 2.32. The molecule has 0 aliphatic carbocycles. The fourth-order valence-corrected chi connectivity index (χ4v) is 8.62. The van der Waals surface area contributed by atoms with Crippen molar-refractivity contribution >= 4 is 23.4 Å². The summed E-state index contributed by atoms with van der Waals surface area (Å²) in [5.74, 6) is -1.37. The number of ether oxygens (including phenoxy) is 2. The van der Waals surface area contributed by atoms with Crippen LogP contribution in [0.1, 0.15) is 97.4 Å². The SMILES string of the molecule is CC[C@H](C)[C@@H]([C@@H](CC(=O)N1CCC[C@H]1[C@H](OC)[C@@H](C)C(=O)C[C@@H](Cc1ccccc1)c1nn[nH]n1)OC)N(C)C(=O)[C@@H](CC(=O)[C@H](C(C)C)N(C)C)[C@H](C)N. The first kappa shape index (κ1) is 45.8. The van der Waals surface area contributed by atoms with Crippen LogP contribution in [0.5, 0.6) is 0 Å². The van der Waals surface area contributed by atoms with E-state index in [1.165, 1.54) is 0 Å². The van der Waals surface area contributed by atoms with Gasteiger partial charge in [-0.15, -0.1) is 10.2 Å². The van der Waals surface area contributed by atoms with Crippen molar-refractivity contribution in [2.75, 3.05) is 41.9 Å². The van der Waals surface area contributed by atoms with E-state index in [0.717, 1.165) is 18.4 Å². The minimum Gasteiger partial charge on any atom is -0.379 e. The molecule has 1 aliphatic rings. The molecule has 1 aliphatic heterocycles. The molecule has 0 bridgehead atoms. The van der Waals surface area contributed by atoms with Crippen LogP contribution in [0.4, 0.5) is 0 Å². The lowest BCUT2D eigenvalue weighted by molar-refractivity contribution is -0.148. The van der Waals surface area contributed by atoms with Gasteiger partial charge in [0.05, 0.1) is 42.7 Å². The number of likely N-dealkylation sites (tertiary alicyclic amines) is 1. The molecule has 1 aromatic carbocycles. The summed E-state index contributed by atoms with van der Waals surface area (Å²) >= 11 is 0. The molecule has 2 amide bonds. The third-order valence-electron chi connectivity index (χ3n) is 11.7. The Morgan fingerprint density at radius 1 is 0.964 bits per heavy atom. The van der Waals surface area contributed by atoms with Gasteiger partial charge in [-0.2, -0.15) is 5.21 Å². The lowest BCUT2D eigenvalue weighted by Crippen LogP contribution is -2.55. The predicted octanol–water partition coefficient (Wildman–Crippen LogP) is 3.91. The van der Waals surface area contributed by atoms with Crippen molar-refractivity contribution in [1.29, 1.82) is 0 Å². The maximum absolute atomic E-state index is 14.3. The summed E-state index contributed by atoms with van der Waals surface area (Å²) in [7, 11) is 8.63. The Balaban J connectivity index is 1.79. The molecule has 1 aromatic heterocycles. The van der Waals surface area contributed by atoms with Gasteiger partial charge in [-0.25, -0.2) is 0 Å². The average Bonchev–Trinajstić information content (AvgIpc) is 3.87. The number of hydrogen-bond donors (Lipinski definition) is 2. The molecule has 3 N–H and O–H groups in total. The van der Waals surface area contributed by atoms with E-state index in [9.17, 15) is 19.2 Å². The van der Waals surface area contributed by atoms with Crippen molar-refractivity contribution in [3.05, 3.63) is 41.7 Å². The fourth-order valence-electron chi connectivity index (χ4n) is 8.62. The topological polar surface area (TPSA) is 177 Å². The molecule has 1 saturated heterocycles. The number of aromatic amines is 1. The van der Waals surface area contributed by atoms with Crippen molar-refractivity contribution < 1.29 is 28.7 Å². The fraction of sp³-hybridized carbons (Fsp3) is 0.732. The third-order valence-corrected chi connectivity index (χ3v) is 11.7. The van der Waals surface area contributed by atoms with Crippen LogP contribution in [-0.4, -0.2) is 137 Å². The van der Waals surface area contributed by atoms with E-state index in [0.29, 0.717) is 25.2 Å². The van der Waals surface area contributed by atoms with Crippen LogP contribution in [0.25, 0.3) is 0 Å². The van der Waals surface area contributed by atoms with Gasteiger partial charge in [0.1, 0.15) is 5.78 Å².